The molecule has 0 aliphatic heterocycles. The van der Waals surface area contributed by atoms with Crippen LogP contribution >= 0.6 is 11.3 Å². The SMILES string of the molecule is O=C(O)CC#CCCOc1ccccc1CN(C(=O)c1ccc(-c2ccco2)cc1)C1CC1.O=C(O)CCCCCOc1ccccc1CN(C(=O)c1cc(-c2ccco2)co1)C1CC1.O=C(O)CCCCCOc1cscc1CN(C(=O)c1ccc(-c2ccco2)cc1)C1CC1.O=C(c1ccc(-c2ccco2)cc1)N(Cc1ccccc1OCCCCCc1nn[nH]n1)C1CC1. The Morgan fingerprint density at radius 2 is 0.758 bits per heavy atom. The molecule has 4 amide bonds. The van der Waals surface area contributed by atoms with Gasteiger partial charge in [0.25, 0.3) is 23.6 Å². The molecule has 4 fully saturated rings. The summed E-state index contributed by atoms with van der Waals surface area (Å²) < 4.78 is 51.2. The second-order valence-corrected chi connectivity index (χ2v) is 33.4. The fourth-order valence-corrected chi connectivity index (χ4v) is 15.7. The minimum absolute atomic E-state index is 0.00200. The zero-order valence-electron chi connectivity index (χ0n) is 73.5. The van der Waals surface area contributed by atoms with E-state index in [4.69, 9.17) is 56.4 Å². The fourth-order valence-electron chi connectivity index (χ4n) is 14.9. The number of ether oxygens (including phenoxy) is 4. The van der Waals surface area contributed by atoms with Gasteiger partial charge in [-0.05, 0) is 218 Å². The lowest BCUT2D eigenvalue weighted by molar-refractivity contribution is -0.138. The molecule has 0 bridgehead atoms. The summed E-state index contributed by atoms with van der Waals surface area (Å²) in [4.78, 5) is 92.6. The van der Waals surface area contributed by atoms with Crippen molar-refractivity contribution in [2.75, 3.05) is 26.4 Å². The number of furan rings is 5. The number of nitrogens with zero attached hydrogens (tertiary/aromatic N) is 7. The van der Waals surface area contributed by atoms with Gasteiger partial charge in [-0.3, -0.25) is 33.6 Å². The molecule has 0 radical (unpaired) electrons. The largest absolute Gasteiger partial charge is 0.493 e. The number of hydrogen-bond donors (Lipinski definition) is 4. The maximum absolute atomic E-state index is 13.4. The Morgan fingerprint density at radius 3 is 1.14 bits per heavy atom. The molecule has 27 nitrogen and oxygen atoms in total. The predicted molar refractivity (Wildman–Crippen MR) is 495 cm³/mol. The summed E-state index contributed by atoms with van der Waals surface area (Å²) >= 11 is 1.57. The first-order valence-electron chi connectivity index (χ1n) is 45.0. The van der Waals surface area contributed by atoms with E-state index in [2.05, 4.69) is 32.5 Å². The monoisotopic (exact) mass is 1800 g/mol. The lowest BCUT2D eigenvalue weighted by Gasteiger charge is -2.24. The van der Waals surface area contributed by atoms with Crippen molar-refractivity contribution in [1.82, 2.24) is 40.2 Å². The van der Waals surface area contributed by atoms with Gasteiger partial charge in [-0.25, -0.2) is 0 Å². The molecule has 0 unspecified atom stereocenters. The van der Waals surface area contributed by atoms with Crippen LogP contribution in [0, 0.1) is 11.8 Å². The summed E-state index contributed by atoms with van der Waals surface area (Å²) in [6.45, 7) is 4.02. The third-order valence-corrected chi connectivity index (χ3v) is 23.3. The third-order valence-electron chi connectivity index (χ3n) is 22.5. The molecule has 4 saturated carbocycles. The Labute approximate surface area is 769 Å². The van der Waals surface area contributed by atoms with Crippen molar-refractivity contribution in [2.24, 2.45) is 0 Å². The van der Waals surface area contributed by atoms with Crippen molar-refractivity contribution in [2.45, 2.75) is 192 Å². The molecule has 0 atom stereocenters. The van der Waals surface area contributed by atoms with Crippen molar-refractivity contribution in [3.8, 4) is 80.1 Å². The summed E-state index contributed by atoms with van der Waals surface area (Å²) in [5, 5.41) is 44.1. The van der Waals surface area contributed by atoms with Crippen LogP contribution < -0.4 is 18.9 Å². The number of aliphatic carboxylic acids is 3. The van der Waals surface area contributed by atoms with Crippen molar-refractivity contribution >= 4 is 52.9 Å². The molecule has 7 heterocycles. The molecule has 4 aliphatic rings. The summed E-state index contributed by atoms with van der Waals surface area (Å²) in [7, 11) is 0. The minimum atomic E-state index is -0.936. The van der Waals surface area contributed by atoms with Crippen LogP contribution in [-0.4, -0.2) is 148 Å². The van der Waals surface area contributed by atoms with Crippen molar-refractivity contribution < 1.29 is 89.9 Å². The summed E-state index contributed by atoms with van der Waals surface area (Å²) in [5.41, 5.74) is 9.50. The van der Waals surface area contributed by atoms with Gasteiger partial charge in [0.1, 0.15) is 58.7 Å². The smallest absolute Gasteiger partial charge is 0.315 e. The number of benzene rings is 6. The van der Waals surface area contributed by atoms with Crippen LogP contribution in [0.4, 0.5) is 0 Å². The molecule has 13 aromatic rings. The Bertz CT molecular complexity index is 5850. The van der Waals surface area contributed by atoms with Crippen LogP contribution in [0.1, 0.15) is 205 Å². The predicted octanol–water partition coefficient (Wildman–Crippen LogP) is 21.3. The van der Waals surface area contributed by atoms with E-state index in [1.807, 2.05) is 218 Å². The molecule has 132 heavy (non-hydrogen) atoms. The number of rotatable bonds is 45. The number of carboxylic acid groups (broad SMARTS) is 3. The van der Waals surface area contributed by atoms with Crippen molar-refractivity contribution in [1.29, 1.82) is 0 Å². The van der Waals surface area contributed by atoms with Crippen molar-refractivity contribution in [3.63, 3.8) is 0 Å². The van der Waals surface area contributed by atoms with E-state index >= 15 is 0 Å². The minimum Gasteiger partial charge on any atom is -0.493 e. The average molecular weight is 1810 g/mol. The molecular formula is C104H108N8O19S. The van der Waals surface area contributed by atoms with Crippen molar-refractivity contribution in [3.05, 3.63) is 293 Å². The first kappa shape index (κ1) is 93.7. The number of carbonyl (C=O) groups is 7. The van der Waals surface area contributed by atoms with E-state index in [-0.39, 0.29) is 67.1 Å². The number of aromatic nitrogens is 4. The van der Waals surface area contributed by atoms with Gasteiger partial charge in [-0.15, -0.1) is 21.5 Å². The zero-order valence-corrected chi connectivity index (χ0v) is 74.3. The highest BCUT2D eigenvalue weighted by Crippen LogP contribution is 2.39. The first-order chi connectivity index (χ1) is 64.6. The zero-order chi connectivity index (χ0) is 91.6. The van der Waals surface area contributed by atoms with Gasteiger partial charge in [-0.1, -0.05) is 108 Å². The van der Waals surface area contributed by atoms with E-state index in [1.54, 1.807) is 54.8 Å². The van der Waals surface area contributed by atoms with E-state index in [1.165, 1.54) is 0 Å². The van der Waals surface area contributed by atoms with Crippen LogP contribution in [0.5, 0.6) is 23.0 Å². The molecular weight excluding hydrogens is 1700 g/mol. The topological polar surface area (TPSA) is 350 Å². The van der Waals surface area contributed by atoms with Gasteiger partial charge in [0.2, 0.25) is 0 Å². The number of carbonyl (C=O) groups excluding carboxylic acids is 4. The van der Waals surface area contributed by atoms with Gasteiger partial charge in [0.05, 0.1) is 70.1 Å². The quantitative estimate of drug-likeness (QED) is 0.0203. The van der Waals surface area contributed by atoms with E-state index in [0.29, 0.717) is 106 Å². The number of aryl methyl sites for hydroxylation is 1. The number of H-pyrrole nitrogens is 1. The van der Waals surface area contributed by atoms with E-state index in [0.717, 1.165) is 188 Å². The Hall–Kier alpha value is -14.5. The van der Waals surface area contributed by atoms with Gasteiger partial charge in [-0.2, -0.15) is 5.21 Å². The molecule has 6 aromatic carbocycles. The maximum Gasteiger partial charge on any atom is 0.315 e. The number of thiophene rings is 1. The standard InChI is InChI=1S/C27H29N5O3.C27H25NO5.C25H27NO6.C25H27NO5S/c33-27(21-13-11-20(12-14-21)24-9-6-18-35-24)32(23-15-16-23)19-22-7-3-4-8-25(22)34-17-5-1-2-10-26-28-30-31-29-26;29-26(30)10-2-1-5-17-32-25-8-4-3-7-22(25)19-28(23-15-16-23)27(31)21-13-11-20(12-14-21)24-9-6-18-33-24;27-24(28)10-2-1-5-13-30-21-8-4-3-7-18(21)16-26(20-11-12-20)25(29)23-15-19(17-32-23)22-9-6-14-31-22;27-24(28)6-2-1-3-13-31-23-17-32-16-20(23)15-26(21-11-12-21)25(29)19-9-7-18(8-10-19)22-5-4-14-30-22/h3-4,6-9,11-14,18,23H,1-2,5,10,15-17,19H2,(H,28,29,30,31);3-4,6-9,11-14,18,23H,5,10,15-17,19H2,(H,29,30);3-4,6-9,14-15,17,20H,1-2,5,10-13,16H2,(H,27,28);4-5,7-10,14,16-17,21H,1-3,6,11-13,15H2,(H,27,28). The Balaban J connectivity index is 0.000000142. The van der Waals surface area contributed by atoms with Crippen LogP contribution in [0.2, 0.25) is 0 Å². The molecule has 4 aliphatic carbocycles. The lowest BCUT2D eigenvalue weighted by Crippen LogP contribution is -2.32. The van der Waals surface area contributed by atoms with E-state index < -0.39 is 17.9 Å². The van der Waals surface area contributed by atoms with Crippen LogP contribution in [0.3, 0.4) is 0 Å². The molecule has 17 rings (SSSR count). The molecule has 0 saturated heterocycles. The first-order valence-corrected chi connectivity index (χ1v) is 46.0. The number of tetrazole rings is 1. The van der Waals surface area contributed by atoms with Gasteiger partial charge in [0.15, 0.2) is 11.6 Å². The molecule has 7 aromatic heterocycles. The molecule has 684 valence electrons. The van der Waals surface area contributed by atoms with Gasteiger partial charge in [0, 0.05) is 130 Å². The van der Waals surface area contributed by atoms with Gasteiger partial charge >= 0.3 is 17.9 Å². The normalized spacial score (nSPS) is 12.9. The number of carboxylic acids is 3. The molecule has 28 heteroatoms. The summed E-state index contributed by atoms with van der Waals surface area (Å²) in [5.74, 6) is 10.0. The second kappa shape index (κ2) is 48.3. The average Bonchev–Trinajstić information content (AvgIpc) is 1.65. The summed E-state index contributed by atoms with van der Waals surface area (Å²) in [6, 6.07) is 63.7. The highest BCUT2D eigenvalue weighted by atomic mass is 32.1. The number of aromatic amines is 1. The molecule has 4 N–H and O–H groups in total. The Kier molecular flexibility index (Phi) is 34.3. The number of amides is 4. The number of nitrogens with one attached hydrogen (secondary N) is 1. The van der Waals surface area contributed by atoms with Gasteiger partial charge < -0.3 is 76.0 Å². The highest BCUT2D eigenvalue weighted by molar-refractivity contribution is 7.08. The number of para-hydroxylation sites is 3. The number of hydrogen-bond acceptors (Lipinski definition) is 20. The highest BCUT2D eigenvalue weighted by Gasteiger charge is 2.38. The molecule has 0 spiro atoms. The number of unbranched alkanes of at least 4 members (excludes halogenated alkanes) is 6. The fraction of sp³-hybridized carbons (Fsp3) is 0.327. The second-order valence-electron chi connectivity index (χ2n) is 32.7. The van der Waals surface area contributed by atoms with E-state index in [9.17, 15) is 33.6 Å². The van der Waals surface area contributed by atoms with Crippen LogP contribution in [0.25, 0.3) is 45.3 Å². The van der Waals surface area contributed by atoms with Crippen LogP contribution in [-0.2, 0) is 47.0 Å². The lowest BCUT2D eigenvalue weighted by atomic mass is 10.1. The third kappa shape index (κ3) is 28.5. The van der Waals surface area contributed by atoms with Crippen LogP contribution in [0.15, 0.2) is 264 Å². The Morgan fingerprint density at radius 1 is 0.379 bits per heavy atom. The summed E-state index contributed by atoms with van der Waals surface area (Å²) in [6.07, 6.45) is 25.1. The maximum atomic E-state index is 13.4.